The minimum Gasteiger partial charge on any atom is -0.465 e. The first-order valence-electron chi connectivity index (χ1n) is 5.25. The Morgan fingerprint density at radius 3 is 2.33 bits per heavy atom. The molecule has 0 amide bonds. The molecule has 0 saturated carbocycles. The second-order valence-corrected chi connectivity index (χ2v) is 4.55. The van der Waals surface area contributed by atoms with Crippen LogP contribution in [-0.2, 0) is 4.74 Å². The molecule has 0 spiro atoms. The molecule has 0 unspecified atom stereocenters. The van der Waals surface area contributed by atoms with Gasteiger partial charge in [0.15, 0.2) is 0 Å². The Hall–Kier alpha value is -1.68. The van der Waals surface area contributed by atoms with Crippen molar-refractivity contribution in [1.29, 1.82) is 0 Å². The summed E-state index contributed by atoms with van der Waals surface area (Å²) in [5.74, 6) is -0.699. The van der Waals surface area contributed by atoms with E-state index in [0.29, 0.717) is 10.0 Å². The monoisotopic (exact) mass is 308 g/mol. The Balaban J connectivity index is 2.46. The van der Waals surface area contributed by atoms with Crippen molar-refractivity contribution in [2.75, 3.05) is 7.11 Å². The van der Waals surface area contributed by atoms with Crippen molar-refractivity contribution in [3.63, 3.8) is 0 Å². The minimum atomic E-state index is -0.411. The molecule has 0 N–H and O–H groups in total. The van der Waals surface area contributed by atoms with Crippen LogP contribution >= 0.6 is 15.9 Å². The quantitative estimate of drug-likeness (QED) is 0.783. The van der Waals surface area contributed by atoms with Gasteiger partial charge in [-0.05, 0) is 51.3 Å². The van der Waals surface area contributed by atoms with E-state index in [0.717, 1.165) is 11.1 Å². The lowest BCUT2D eigenvalue weighted by Gasteiger charge is -2.06. The first-order chi connectivity index (χ1) is 8.61. The summed E-state index contributed by atoms with van der Waals surface area (Å²) in [5, 5.41) is 0. The van der Waals surface area contributed by atoms with E-state index in [9.17, 15) is 9.18 Å². The SMILES string of the molecule is COC(=O)c1cc(-c2ccc(F)cc2)ccc1Br. The standard InChI is InChI=1S/C14H10BrFO2/c1-18-14(17)12-8-10(4-7-13(12)15)9-2-5-11(16)6-3-9/h2-8H,1H3. The van der Waals surface area contributed by atoms with Gasteiger partial charge in [-0.1, -0.05) is 18.2 Å². The highest BCUT2D eigenvalue weighted by atomic mass is 79.9. The summed E-state index contributed by atoms with van der Waals surface area (Å²) in [6.45, 7) is 0. The molecular weight excluding hydrogens is 299 g/mol. The van der Waals surface area contributed by atoms with E-state index in [2.05, 4.69) is 15.9 Å². The Kier molecular flexibility index (Phi) is 3.77. The summed E-state index contributed by atoms with van der Waals surface area (Å²) >= 11 is 3.30. The van der Waals surface area contributed by atoms with Crippen LogP contribution < -0.4 is 0 Å². The van der Waals surface area contributed by atoms with Crippen molar-refractivity contribution in [3.8, 4) is 11.1 Å². The molecule has 18 heavy (non-hydrogen) atoms. The fourth-order valence-electron chi connectivity index (χ4n) is 1.61. The van der Waals surface area contributed by atoms with E-state index >= 15 is 0 Å². The number of carbonyl (C=O) groups is 1. The summed E-state index contributed by atoms with van der Waals surface area (Å²) in [4.78, 5) is 11.6. The van der Waals surface area contributed by atoms with Gasteiger partial charge in [0, 0.05) is 4.47 Å². The first-order valence-corrected chi connectivity index (χ1v) is 6.05. The van der Waals surface area contributed by atoms with Crippen LogP contribution in [0.4, 0.5) is 4.39 Å². The number of carbonyl (C=O) groups excluding carboxylic acids is 1. The van der Waals surface area contributed by atoms with Gasteiger partial charge in [0.1, 0.15) is 5.82 Å². The summed E-state index contributed by atoms with van der Waals surface area (Å²) in [6.07, 6.45) is 0. The van der Waals surface area contributed by atoms with Gasteiger partial charge in [-0.25, -0.2) is 9.18 Å². The van der Waals surface area contributed by atoms with Gasteiger partial charge in [-0.2, -0.15) is 0 Å². The van der Waals surface area contributed by atoms with Crippen molar-refractivity contribution >= 4 is 21.9 Å². The molecule has 0 radical (unpaired) electrons. The summed E-state index contributed by atoms with van der Waals surface area (Å²) < 4.78 is 18.2. The number of methoxy groups -OCH3 is 1. The van der Waals surface area contributed by atoms with E-state index in [4.69, 9.17) is 4.74 Å². The number of hydrogen-bond acceptors (Lipinski definition) is 2. The van der Waals surface area contributed by atoms with Crippen molar-refractivity contribution in [2.24, 2.45) is 0 Å². The van der Waals surface area contributed by atoms with E-state index in [1.165, 1.54) is 19.2 Å². The third-order valence-electron chi connectivity index (χ3n) is 2.55. The summed E-state index contributed by atoms with van der Waals surface area (Å²) in [7, 11) is 1.33. The molecule has 2 aromatic carbocycles. The molecule has 0 aliphatic rings. The van der Waals surface area contributed by atoms with Crippen molar-refractivity contribution in [2.45, 2.75) is 0 Å². The van der Waals surface area contributed by atoms with Gasteiger partial charge < -0.3 is 4.74 Å². The number of ether oxygens (including phenoxy) is 1. The highest BCUT2D eigenvalue weighted by molar-refractivity contribution is 9.10. The number of rotatable bonds is 2. The van der Waals surface area contributed by atoms with Gasteiger partial charge in [0.05, 0.1) is 12.7 Å². The highest BCUT2D eigenvalue weighted by Crippen LogP contribution is 2.26. The Morgan fingerprint density at radius 1 is 1.11 bits per heavy atom. The molecule has 2 aromatic rings. The van der Waals surface area contributed by atoms with E-state index in [-0.39, 0.29) is 5.82 Å². The smallest absolute Gasteiger partial charge is 0.339 e. The lowest BCUT2D eigenvalue weighted by Crippen LogP contribution is -2.02. The molecule has 0 bridgehead atoms. The van der Waals surface area contributed by atoms with Crippen molar-refractivity contribution < 1.29 is 13.9 Å². The van der Waals surface area contributed by atoms with Gasteiger partial charge >= 0.3 is 5.97 Å². The van der Waals surface area contributed by atoms with Crippen LogP contribution in [0, 0.1) is 5.82 Å². The molecule has 0 heterocycles. The molecule has 2 nitrogen and oxygen atoms in total. The Labute approximate surface area is 113 Å². The molecule has 0 saturated heterocycles. The molecular formula is C14H10BrFO2. The summed E-state index contributed by atoms with van der Waals surface area (Å²) in [6, 6.07) is 11.4. The van der Waals surface area contributed by atoms with Gasteiger partial charge in [-0.15, -0.1) is 0 Å². The molecule has 0 fully saturated rings. The van der Waals surface area contributed by atoms with Gasteiger partial charge in [-0.3, -0.25) is 0 Å². The number of hydrogen-bond donors (Lipinski definition) is 0. The van der Waals surface area contributed by atoms with Crippen LogP contribution in [0.25, 0.3) is 11.1 Å². The maximum absolute atomic E-state index is 12.8. The molecule has 0 aliphatic carbocycles. The molecule has 0 atom stereocenters. The largest absolute Gasteiger partial charge is 0.465 e. The molecule has 0 aliphatic heterocycles. The first kappa shape index (κ1) is 12.8. The average molecular weight is 309 g/mol. The van der Waals surface area contributed by atoms with E-state index in [1.807, 2.05) is 6.07 Å². The van der Waals surface area contributed by atoms with E-state index in [1.54, 1.807) is 24.3 Å². The maximum Gasteiger partial charge on any atom is 0.339 e. The highest BCUT2D eigenvalue weighted by Gasteiger charge is 2.11. The topological polar surface area (TPSA) is 26.3 Å². The molecule has 2 rings (SSSR count). The lowest BCUT2D eigenvalue weighted by atomic mass is 10.0. The van der Waals surface area contributed by atoms with Crippen LogP contribution in [0.1, 0.15) is 10.4 Å². The predicted octanol–water partition coefficient (Wildman–Crippen LogP) is 4.04. The fraction of sp³-hybridized carbons (Fsp3) is 0.0714. The summed E-state index contributed by atoms with van der Waals surface area (Å²) in [5.41, 5.74) is 2.12. The second kappa shape index (κ2) is 5.31. The molecule has 4 heteroatoms. The number of esters is 1. The van der Waals surface area contributed by atoms with E-state index < -0.39 is 5.97 Å². The van der Waals surface area contributed by atoms with Gasteiger partial charge in [0.25, 0.3) is 0 Å². The van der Waals surface area contributed by atoms with Gasteiger partial charge in [0.2, 0.25) is 0 Å². The zero-order valence-electron chi connectivity index (χ0n) is 9.61. The van der Waals surface area contributed by atoms with Crippen molar-refractivity contribution in [1.82, 2.24) is 0 Å². The minimum absolute atomic E-state index is 0.288. The second-order valence-electron chi connectivity index (χ2n) is 3.69. The average Bonchev–Trinajstić information content (AvgIpc) is 2.39. The zero-order valence-corrected chi connectivity index (χ0v) is 11.2. The number of benzene rings is 2. The zero-order chi connectivity index (χ0) is 13.1. The Bertz CT molecular complexity index is 579. The third kappa shape index (κ3) is 2.59. The third-order valence-corrected chi connectivity index (χ3v) is 3.24. The van der Waals surface area contributed by atoms with Crippen LogP contribution in [0.5, 0.6) is 0 Å². The van der Waals surface area contributed by atoms with Crippen LogP contribution in [0.15, 0.2) is 46.9 Å². The maximum atomic E-state index is 12.8. The molecule has 0 aromatic heterocycles. The van der Waals surface area contributed by atoms with Crippen LogP contribution in [0.2, 0.25) is 0 Å². The fourth-order valence-corrected chi connectivity index (χ4v) is 2.02. The molecule has 92 valence electrons. The van der Waals surface area contributed by atoms with Crippen LogP contribution in [0.3, 0.4) is 0 Å². The van der Waals surface area contributed by atoms with Crippen molar-refractivity contribution in [3.05, 3.63) is 58.3 Å². The number of halogens is 2. The predicted molar refractivity (Wildman–Crippen MR) is 70.9 cm³/mol. The Morgan fingerprint density at radius 2 is 1.72 bits per heavy atom. The lowest BCUT2D eigenvalue weighted by molar-refractivity contribution is 0.0599. The normalized spacial score (nSPS) is 10.2. The van der Waals surface area contributed by atoms with Crippen LogP contribution in [-0.4, -0.2) is 13.1 Å².